The molecule has 5 nitrogen and oxygen atoms in total. The number of anilines is 1. The molecule has 1 heterocycles. The Bertz CT molecular complexity index is 667. The van der Waals surface area contributed by atoms with Crippen LogP contribution in [0.4, 0.5) is 27.6 Å². The number of rotatable bonds is 5. The lowest BCUT2D eigenvalue weighted by Gasteiger charge is -2.32. The monoisotopic (exact) mass is 368 g/mol. The molecule has 0 bridgehead atoms. The first-order valence-corrected chi connectivity index (χ1v) is 7.36. The molecule has 0 aliphatic carbocycles. The number of amides is 1. The van der Waals surface area contributed by atoms with Crippen molar-refractivity contribution in [3.05, 3.63) is 23.8 Å². The van der Waals surface area contributed by atoms with Crippen molar-refractivity contribution in [3.63, 3.8) is 0 Å². The molecule has 1 aromatic rings. The molecule has 0 radical (unpaired) electrons. The topological polar surface area (TPSA) is 64.8 Å². The van der Waals surface area contributed by atoms with Crippen LogP contribution in [-0.4, -0.2) is 44.0 Å². The minimum Gasteiger partial charge on any atom is -0.491 e. The molecule has 0 spiro atoms. The number of halogens is 5. The number of hydrogen-bond donors (Lipinski definition) is 1. The van der Waals surface area contributed by atoms with Crippen LogP contribution in [0.2, 0.25) is 0 Å². The van der Waals surface area contributed by atoms with E-state index in [-0.39, 0.29) is 12.3 Å². The van der Waals surface area contributed by atoms with Crippen molar-refractivity contribution in [3.8, 4) is 5.75 Å². The van der Waals surface area contributed by atoms with Crippen LogP contribution < -0.4 is 15.4 Å². The quantitative estimate of drug-likeness (QED) is 0.811. The predicted octanol–water partition coefficient (Wildman–Crippen LogP) is 2.38. The molecular formula is C15H17F5N2O3. The van der Waals surface area contributed by atoms with Gasteiger partial charge in [-0.25, -0.2) is 4.39 Å². The van der Waals surface area contributed by atoms with Gasteiger partial charge >= 0.3 is 6.18 Å². The molecule has 25 heavy (non-hydrogen) atoms. The zero-order valence-electron chi connectivity index (χ0n) is 13.5. The van der Waals surface area contributed by atoms with Gasteiger partial charge in [-0.2, -0.15) is 17.6 Å². The van der Waals surface area contributed by atoms with Crippen molar-refractivity contribution in [1.29, 1.82) is 0 Å². The zero-order chi connectivity index (χ0) is 19.0. The molecule has 0 aromatic heterocycles. The second-order valence-electron chi connectivity index (χ2n) is 5.59. The molecule has 2 atom stereocenters. The molecule has 1 fully saturated rings. The number of alkyl halides is 3. The number of primary amides is 1. The third-order valence-electron chi connectivity index (χ3n) is 4.13. The normalized spacial score (nSPS) is 23.8. The average molecular weight is 368 g/mol. The summed E-state index contributed by atoms with van der Waals surface area (Å²) in [5.74, 6) is -4.26. The Morgan fingerprint density at radius 1 is 1.40 bits per heavy atom. The first kappa shape index (κ1) is 19.2. The lowest BCUT2D eigenvalue weighted by atomic mass is 9.99. The van der Waals surface area contributed by atoms with E-state index in [1.54, 1.807) is 0 Å². The van der Waals surface area contributed by atoms with Crippen LogP contribution in [0, 0.1) is 11.6 Å². The second-order valence-corrected chi connectivity index (χ2v) is 5.59. The van der Waals surface area contributed by atoms with E-state index in [0.29, 0.717) is 0 Å². The van der Waals surface area contributed by atoms with Gasteiger partial charge in [-0.05, 0) is 19.1 Å². The summed E-state index contributed by atoms with van der Waals surface area (Å²) in [6.45, 7) is 0.320. The van der Waals surface area contributed by atoms with Crippen LogP contribution in [0.15, 0.2) is 12.1 Å². The highest BCUT2D eigenvalue weighted by Crippen LogP contribution is 2.47. The predicted molar refractivity (Wildman–Crippen MR) is 78.3 cm³/mol. The van der Waals surface area contributed by atoms with Gasteiger partial charge in [0, 0.05) is 13.0 Å². The van der Waals surface area contributed by atoms with Crippen molar-refractivity contribution in [2.24, 2.45) is 5.73 Å². The summed E-state index contributed by atoms with van der Waals surface area (Å²) in [7, 11) is 1.04. The van der Waals surface area contributed by atoms with E-state index in [2.05, 4.69) is 0 Å². The Labute approximate surface area is 140 Å². The van der Waals surface area contributed by atoms with Crippen LogP contribution >= 0.6 is 0 Å². The molecule has 2 rings (SSSR count). The number of nitrogens with two attached hydrogens (primary N) is 1. The average Bonchev–Trinajstić information content (AvgIpc) is 2.91. The molecule has 140 valence electrons. The van der Waals surface area contributed by atoms with Gasteiger partial charge < -0.3 is 20.1 Å². The Hall–Kier alpha value is -2.10. The summed E-state index contributed by atoms with van der Waals surface area (Å²) in [5, 5.41) is 0. The Balaban J connectivity index is 2.57. The van der Waals surface area contributed by atoms with Crippen molar-refractivity contribution >= 4 is 11.6 Å². The highest BCUT2D eigenvalue weighted by atomic mass is 19.4. The number of benzene rings is 1. The van der Waals surface area contributed by atoms with Gasteiger partial charge in [0.2, 0.25) is 11.7 Å². The summed E-state index contributed by atoms with van der Waals surface area (Å²) in [5.41, 5.74) is 2.37. The first-order valence-electron chi connectivity index (χ1n) is 7.36. The molecule has 1 amide bonds. The van der Waals surface area contributed by atoms with Gasteiger partial charge in [0.1, 0.15) is 6.04 Å². The van der Waals surface area contributed by atoms with Gasteiger partial charge in [-0.15, -0.1) is 0 Å². The maximum absolute atomic E-state index is 13.9. The highest BCUT2D eigenvalue weighted by Gasteiger charge is 2.63. The van der Waals surface area contributed by atoms with Crippen LogP contribution in [0.5, 0.6) is 5.75 Å². The fourth-order valence-electron chi connectivity index (χ4n) is 2.99. The largest absolute Gasteiger partial charge is 0.491 e. The fourth-order valence-corrected chi connectivity index (χ4v) is 2.99. The Morgan fingerprint density at radius 3 is 2.52 bits per heavy atom. The van der Waals surface area contributed by atoms with E-state index in [9.17, 15) is 26.7 Å². The summed E-state index contributed by atoms with van der Waals surface area (Å²) >= 11 is 0. The van der Waals surface area contributed by atoms with E-state index in [1.165, 1.54) is 6.92 Å². The smallest absolute Gasteiger partial charge is 0.419 e. The summed E-state index contributed by atoms with van der Waals surface area (Å²) < 4.78 is 77.8. The van der Waals surface area contributed by atoms with E-state index in [4.69, 9.17) is 15.2 Å². The van der Waals surface area contributed by atoms with Crippen LogP contribution in [0.3, 0.4) is 0 Å². The number of methoxy groups -OCH3 is 1. The first-order chi connectivity index (χ1) is 11.6. The maximum Gasteiger partial charge on any atom is 0.419 e. The fraction of sp³-hybridized carbons (Fsp3) is 0.533. The van der Waals surface area contributed by atoms with Crippen molar-refractivity contribution < 1.29 is 36.2 Å². The molecule has 10 heteroatoms. The van der Waals surface area contributed by atoms with E-state index in [1.807, 2.05) is 0 Å². The molecule has 1 aliphatic heterocycles. The number of ether oxygens (including phenoxy) is 2. The van der Waals surface area contributed by atoms with E-state index in [0.717, 1.165) is 24.1 Å². The van der Waals surface area contributed by atoms with Crippen molar-refractivity contribution in [1.82, 2.24) is 0 Å². The minimum atomic E-state index is -4.79. The number of nitrogens with zero attached hydrogens (tertiary/aromatic N) is 1. The number of carbonyl (C=O) groups excluding carboxylic acids is 1. The lowest BCUT2D eigenvalue weighted by molar-refractivity contribution is -0.268. The lowest BCUT2D eigenvalue weighted by Crippen LogP contribution is -2.50. The minimum absolute atomic E-state index is 0.212. The Kier molecular flexibility index (Phi) is 5.12. The summed E-state index contributed by atoms with van der Waals surface area (Å²) in [6.07, 6.45) is -5.56. The standard InChI is InChI=1S/C15H17F5N2O3/c1-3-25-14(15(18,19)20)6-10(13(21)23)22(7-14)9-5-4-8(16)11(17)12(9)24-2/h4-5,10H,3,6-7H2,1-2H3,(H2,21,23). The van der Waals surface area contributed by atoms with Gasteiger partial charge in [0.05, 0.1) is 19.3 Å². The number of hydrogen-bond acceptors (Lipinski definition) is 4. The molecule has 1 aromatic carbocycles. The third-order valence-corrected chi connectivity index (χ3v) is 4.13. The molecule has 1 aliphatic rings. The second kappa shape index (κ2) is 6.66. The maximum atomic E-state index is 13.9. The van der Waals surface area contributed by atoms with Crippen LogP contribution in [-0.2, 0) is 9.53 Å². The van der Waals surface area contributed by atoms with Crippen LogP contribution in [0.1, 0.15) is 13.3 Å². The van der Waals surface area contributed by atoms with Gasteiger partial charge in [-0.1, -0.05) is 0 Å². The van der Waals surface area contributed by atoms with Gasteiger partial charge in [-0.3, -0.25) is 4.79 Å². The molecule has 2 N–H and O–H groups in total. The van der Waals surface area contributed by atoms with Gasteiger partial charge in [0.15, 0.2) is 17.2 Å². The SMILES string of the molecule is CCOC1(C(F)(F)F)CC(C(N)=O)N(c2ccc(F)c(F)c2OC)C1. The van der Waals surface area contributed by atoms with Crippen molar-refractivity contribution in [2.75, 3.05) is 25.2 Å². The summed E-state index contributed by atoms with van der Waals surface area (Å²) in [4.78, 5) is 12.6. The molecule has 1 saturated heterocycles. The van der Waals surface area contributed by atoms with Gasteiger partial charge in [0.25, 0.3) is 0 Å². The van der Waals surface area contributed by atoms with E-state index < -0.39 is 54.1 Å². The molecular weight excluding hydrogens is 351 g/mol. The third kappa shape index (κ3) is 3.22. The number of carbonyl (C=O) groups is 1. The van der Waals surface area contributed by atoms with E-state index >= 15 is 0 Å². The van der Waals surface area contributed by atoms with Crippen LogP contribution in [0.25, 0.3) is 0 Å². The summed E-state index contributed by atoms with van der Waals surface area (Å²) in [6, 6.07) is 0.345. The molecule has 2 unspecified atom stereocenters. The zero-order valence-corrected chi connectivity index (χ0v) is 13.5. The van der Waals surface area contributed by atoms with Crippen molar-refractivity contribution in [2.45, 2.75) is 31.2 Å². The highest BCUT2D eigenvalue weighted by molar-refractivity contribution is 5.85. The Morgan fingerprint density at radius 2 is 2.04 bits per heavy atom. The molecule has 0 saturated carbocycles.